The molecule has 0 radical (unpaired) electrons. The summed E-state index contributed by atoms with van der Waals surface area (Å²) in [6.07, 6.45) is 8.86. The van der Waals surface area contributed by atoms with Crippen molar-refractivity contribution in [3.05, 3.63) is 0 Å². The van der Waals surface area contributed by atoms with E-state index in [1.165, 1.54) is 38.5 Å². The van der Waals surface area contributed by atoms with Crippen LogP contribution >= 0.6 is 37.2 Å². The first-order valence-electron chi connectivity index (χ1n) is 5.01. The zero-order valence-electron chi connectivity index (χ0n) is 8.15. The van der Waals surface area contributed by atoms with E-state index in [-0.39, 0.29) is 0 Å². The summed E-state index contributed by atoms with van der Waals surface area (Å²) in [6.45, 7) is 4.66. The second-order valence-corrected chi connectivity index (χ2v) is 3.70. The van der Waals surface area contributed by atoms with Crippen LogP contribution in [-0.2, 0) is 0 Å². The molecule has 1 fully saturated rings. The Kier molecular flexibility index (Phi) is 10.1. The smallest absolute Gasteiger partial charge is 0 e. The first kappa shape index (κ1) is 13.5. The molecule has 74 valence electrons. The molecule has 2 heteroatoms. The topological polar surface area (TPSA) is 0 Å². The molecule has 0 amide bonds. The maximum absolute atomic E-state index is 2.33. The molecule has 1 saturated carbocycles. The van der Waals surface area contributed by atoms with Crippen molar-refractivity contribution in [1.82, 2.24) is 0 Å². The monoisotopic (exact) mass is 394 g/mol. The highest BCUT2D eigenvalue weighted by Crippen LogP contribution is 2.31. The summed E-state index contributed by atoms with van der Waals surface area (Å²) in [7, 11) is 0. The van der Waals surface area contributed by atoms with Crippen molar-refractivity contribution in [3.8, 4) is 0 Å². The van der Waals surface area contributed by atoms with Gasteiger partial charge in [-0.15, -0.1) is 0 Å². The molecule has 0 atom stereocenters. The van der Waals surface area contributed by atoms with Gasteiger partial charge in [0.1, 0.15) is 0 Å². The molecule has 0 N–H and O–H groups in total. The Bertz CT molecular complexity index is 73.8. The molecule has 1 aliphatic carbocycles. The third-order valence-corrected chi connectivity index (χ3v) is 3.12. The Hall–Kier alpha value is 1.46. The molecule has 0 unspecified atom stereocenters. The summed E-state index contributed by atoms with van der Waals surface area (Å²) in [5.41, 5.74) is 0. The second-order valence-electron chi connectivity index (χ2n) is 3.70. The van der Waals surface area contributed by atoms with E-state index >= 15 is 0 Å². The highest BCUT2D eigenvalue weighted by molar-refractivity contribution is 15.0. The van der Waals surface area contributed by atoms with Gasteiger partial charge >= 0.3 is 0 Å². The third kappa shape index (κ3) is 5.25. The lowest BCUT2D eigenvalue weighted by Crippen LogP contribution is -2.12. The normalized spacial score (nSPS) is 29.0. The molecule has 1 aliphatic rings. The van der Waals surface area contributed by atoms with Crippen molar-refractivity contribution in [2.45, 2.75) is 52.4 Å². The Morgan fingerprint density at radius 1 is 0.833 bits per heavy atom. The van der Waals surface area contributed by atoms with Gasteiger partial charge in [0.05, 0.1) is 0 Å². The fourth-order valence-corrected chi connectivity index (χ4v) is 2.05. The predicted molar refractivity (Wildman–Crippen MR) is 74.1 cm³/mol. The number of hydrogen-bond acceptors (Lipinski definition) is 0. The van der Waals surface area contributed by atoms with Crippen LogP contribution in [0.5, 0.6) is 0 Å². The molecular formula is C10H20I2. The van der Waals surface area contributed by atoms with Crippen molar-refractivity contribution >= 4 is 37.2 Å². The van der Waals surface area contributed by atoms with Gasteiger partial charge in [-0.1, -0.05) is 52.4 Å². The lowest BCUT2D eigenvalue weighted by Gasteiger charge is -2.26. The van der Waals surface area contributed by atoms with Crippen LogP contribution in [0.15, 0.2) is 0 Å². The first-order chi connectivity index (χ1) is 5.86. The first-order valence-corrected chi connectivity index (χ1v) is 11.3. The zero-order chi connectivity index (χ0) is 9.40. The van der Waals surface area contributed by atoms with E-state index in [9.17, 15) is 0 Å². The minimum absolute atomic E-state index is 1.07. The predicted octanol–water partition coefficient (Wildman–Crippen LogP) is 5.38. The van der Waals surface area contributed by atoms with Crippen molar-refractivity contribution in [2.24, 2.45) is 11.8 Å². The van der Waals surface area contributed by atoms with Crippen molar-refractivity contribution in [3.63, 3.8) is 0 Å². The van der Waals surface area contributed by atoms with E-state index in [2.05, 4.69) is 51.1 Å². The highest BCUT2D eigenvalue weighted by Gasteiger charge is 2.17. The molecule has 0 aromatic carbocycles. The van der Waals surface area contributed by atoms with E-state index in [1.54, 1.807) is 0 Å². The van der Waals surface area contributed by atoms with Gasteiger partial charge < -0.3 is 0 Å². The van der Waals surface area contributed by atoms with Crippen LogP contribution in [0.2, 0.25) is 0 Å². The standard InChI is InChI=1S/C10H20.I2/c1-3-9-5-7-10(4-2)8-6-9;1-2/h9-10H,3-8H2,1-2H3;. The summed E-state index contributed by atoms with van der Waals surface area (Å²) in [5.74, 6) is 2.14. The van der Waals surface area contributed by atoms with E-state index < -0.39 is 0 Å². The molecule has 12 heavy (non-hydrogen) atoms. The maximum Gasteiger partial charge on any atom is 0 e. The highest BCUT2D eigenvalue weighted by atomic mass is 128. The Morgan fingerprint density at radius 3 is 1.25 bits per heavy atom. The lowest BCUT2D eigenvalue weighted by atomic mass is 9.80. The van der Waals surface area contributed by atoms with Crippen LogP contribution in [-0.4, -0.2) is 0 Å². The third-order valence-electron chi connectivity index (χ3n) is 3.12. The van der Waals surface area contributed by atoms with Gasteiger partial charge in [0.25, 0.3) is 0 Å². The largest absolute Gasteiger partial charge is 0.0651 e. The molecule has 0 nitrogen and oxygen atoms in total. The number of halogens is 2. The minimum atomic E-state index is 1.07. The van der Waals surface area contributed by atoms with E-state index in [0.717, 1.165) is 11.8 Å². The summed E-state index contributed by atoms with van der Waals surface area (Å²) < 4.78 is 0. The Morgan fingerprint density at radius 2 is 1.08 bits per heavy atom. The van der Waals surface area contributed by atoms with Crippen molar-refractivity contribution in [1.29, 1.82) is 0 Å². The Labute approximate surface area is 101 Å². The molecule has 0 aromatic rings. The zero-order valence-corrected chi connectivity index (χ0v) is 12.5. The SMILES string of the molecule is CCC1CCC(CC)CC1.II. The van der Waals surface area contributed by atoms with E-state index in [0.29, 0.717) is 0 Å². The fourth-order valence-electron chi connectivity index (χ4n) is 2.05. The summed E-state index contributed by atoms with van der Waals surface area (Å²) in [5, 5.41) is 0. The van der Waals surface area contributed by atoms with E-state index in [4.69, 9.17) is 0 Å². The van der Waals surface area contributed by atoms with Crippen LogP contribution in [0.1, 0.15) is 52.4 Å². The molecule has 0 aliphatic heterocycles. The fraction of sp³-hybridized carbons (Fsp3) is 1.00. The quantitative estimate of drug-likeness (QED) is 0.552. The second kappa shape index (κ2) is 9.03. The number of hydrogen-bond donors (Lipinski definition) is 0. The molecule has 0 bridgehead atoms. The van der Waals surface area contributed by atoms with E-state index in [1.807, 2.05) is 0 Å². The minimum Gasteiger partial charge on any atom is -0.0651 e. The Balaban J connectivity index is 0.000000561. The number of rotatable bonds is 2. The van der Waals surface area contributed by atoms with Crippen LogP contribution in [0.25, 0.3) is 0 Å². The summed E-state index contributed by atoms with van der Waals surface area (Å²) >= 11 is 4.24. The van der Waals surface area contributed by atoms with Crippen LogP contribution in [0.3, 0.4) is 0 Å². The average molecular weight is 394 g/mol. The van der Waals surface area contributed by atoms with Crippen LogP contribution < -0.4 is 0 Å². The van der Waals surface area contributed by atoms with Gasteiger partial charge in [-0.2, -0.15) is 0 Å². The maximum atomic E-state index is 2.33. The molecular weight excluding hydrogens is 374 g/mol. The average Bonchev–Trinajstić information content (AvgIpc) is 2.21. The molecule has 1 rings (SSSR count). The summed E-state index contributed by atoms with van der Waals surface area (Å²) in [4.78, 5) is 0. The van der Waals surface area contributed by atoms with Gasteiger partial charge in [-0.05, 0) is 11.8 Å². The molecule has 0 heterocycles. The van der Waals surface area contributed by atoms with Gasteiger partial charge in [0.2, 0.25) is 0 Å². The molecule has 0 saturated heterocycles. The van der Waals surface area contributed by atoms with Crippen LogP contribution in [0.4, 0.5) is 0 Å². The molecule has 0 spiro atoms. The van der Waals surface area contributed by atoms with Crippen molar-refractivity contribution in [2.75, 3.05) is 0 Å². The van der Waals surface area contributed by atoms with Crippen LogP contribution in [0, 0.1) is 11.8 Å². The summed E-state index contributed by atoms with van der Waals surface area (Å²) in [6, 6.07) is 0. The van der Waals surface area contributed by atoms with Gasteiger partial charge in [0.15, 0.2) is 0 Å². The van der Waals surface area contributed by atoms with Crippen molar-refractivity contribution < 1.29 is 0 Å². The molecule has 0 aromatic heterocycles. The van der Waals surface area contributed by atoms with Gasteiger partial charge in [-0.25, -0.2) is 0 Å². The van der Waals surface area contributed by atoms with Gasteiger partial charge in [0, 0.05) is 37.2 Å². The lowest BCUT2D eigenvalue weighted by molar-refractivity contribution is 0.264. The van der Waals surface area contributed by atoms with Gasteiger partial charge in [-0.3, -0.25) is 0 Å².